The number of hydrogen-bond acceptors (Lipinski definition) is 4. The third kappa shape index (κ3) is 3.60. The molecule has 112 valence electrons. The SMILES string of the molecule is Cc1ccc(Nc2cc(C(F)(F)F)cc(NN)n2)c(F)c1. The lowest BCUT2D eigenvalue weighted by Crippen LogP contribution is -2.13. The summed E-state index contributed by atoms with van der Waals surface area (Å²) in [6.07, 6.45) is -4.56. The Morgan fingerprint density at radius 1 is 1.10 bits per heavy atom. The number of nitrogens with one attached hydrogen (secondary N) is 2. The Balaban J connectivity index is 2.39. The number of nitrogens with two attached hydrogens (primary N) is 1. The minimum absolute atomic E-state index is 0.0235. The average molecular weight is 300 g/mol. The van der Waals surface area contributed by atoms with Crippen LogP contribution in [0.5, 0.6) is 0 Å². The van der Waals surface area contributed by atoms with Gasteiger partial charge in [0, 0.05) is 0 Å². The summed E-state index contributed by atoms with van der Waals surface area (Å²) in [5, 5.41) is 2.50. The lowest BCUT2D eigenvalue weighted by molar-refractivity contribution is -0.137. The van der Waals surface area contributed by atoms with E-state index >= 15 is 0 Å². The van der Waals surface area contributed by atoms with E-state index in [2.05, 4.69) is 10.3 Å². The standard InChI is InChI=1S/C13H12F4N4/c1-7-2-3-10(9(14)4-7)19-11-5-8(13(15,16)17)6-12(20-11)21-18/h2-6H,18H2,1H3,(H2,19,20,21). The molecule has 1 heterocycles. The van der Waals surface area contributed by atoms with E-state index in [1.165, 1.54) is 12.1 Å². The highest BCUT2D eigenvalue weighted by atomic mass is 19.4. The summed E-state index contributed by atoms with van der Waals surface area (Å²) in [6, 6.07) is 5.85. The molecular weight excluding hydrogens is 288 g/mol. The first-order chi connectivity index (χ1) is 9.79. The number of hydrazine groups is 1. The molecule has 0 aliphatic heterocycles. The van der Waals surface area contributed by atoms with Gasteiger partial charge >= 0.3 is 6.18 Å². The number of aryl methyl sites for hydroxylation is 1. The molecule has 0 spiro atoms. The molecule has 0 fully saturated rings. The highest BCUT2D eigenvalue weighted by Gasteiger charge is 2.31. The normalized spacial score (nSPS) is 11.3. The minimum atomic E-state index is -4.56. The van der Waals surface area contributed by atoms with Gasteiger partial charge < -0.3 is 10.7 Å². The Morgan fingerprint density at radius 3 is 2.33 bits per heavy atom. The molecule has 0 aliphatic carbocycles. The summed E-state index contributed by atoms with van der Waals surface area (Å²) in [7, 11) is 0. The summed E-state index contributed by atoms with van der Waals surface area (Å²) in [5.74, 6) is 4.16. The third-order valence-corrected chi connectivity index (χ3v) is 2.69. The Hall–Kier alpha value is -2.35. The van der Waals surface area contributed by atoms with Crippen molar-refractivity contribution in [1.29, 1.82) is 0 Å². The molecule has 0 radical (unpaired) electrons. The molecule has 0 aliphatic rings. The Kier molecular flexibility index (Phi) is 3.99. The summed E-state index contributed by atoms with van der Waals surface area (Å²) < 4.78 is 52.0. The zero-order valence-corrected chi connectivity index (χ0v) is 10.9. The van der Waals surface area contributed by atoms with Crippen LogP contribution in [0.2, 0.25) is 0 Å². The lowest BCUT2D eigenvalue weighted by Gasteiger charge is -2.13. The topological polar surface area (TPSA) is 63.0 Å². The summed E-state index contributed by atoms with van der Waals surface area (Å²) >= 11 is 0. The molecule has 0 saturated heterocycles. The van der Waals surface area contributed by atoms with E-state index in [-0.39, 0.29) is 17.3 Å². The number of alkyl halides is 3. The van der Waals surface area contributed by atoms with Crippen molar-refractivity contribution in [1.82, 2.24) is 4.98 Å². The van der Waals surface area contributed by atoms with Gasteiger partial charge in [0.1, 0.15) is 17.5 Å². The maximum absolute atomic E-state index is 13.7. The Bertz CT molecular complexity index is 655. The van der Waals surface area contributed by atoms with E-state index in [1.54, 1.807) is 13.0 Å². The molecule has 2 rings (SSSR count). The molecule has 8 heteroatoms. The number of nitrogen functional groups attached to an aromatic ring is 1. The van der Waals surface area contributed by atoms with Crippen LogP contribution in [-0.2, 0) is 6.18 Å². The Labute approximate surface area is 118 Å². The summed E-state index contributed by atoms with van der Waals surface area (Å²) in [6.45, 7) is 1.70. The minimum Gasteiger partial charge on any atom is -0.338 e. The van der Waals surface area contributed by atoms with Gasteiger partial charge in [0.2, 0.25) is 0 Å². The number of aromatic nitrogens is 1. The first kappa shape index (κ1) is 15.0. The smallest absolute Gasteiger partial charge is 0.338 e. The largest absolute Gasteiger partial charge is 0.416 e. The van der Waals surface area contributed by atoms with Gasteiger partial charge in [-0.05, 0) is 36.8 Å². The van der Waals surface area contributed by atoms with Crippen LogP contribution in [0.3, 0.4) is 0 Å². The number of halogens is 4. The summed E-state index contributed by atoms with van der Waals surface area (Å²) in [4.78, 5) is 3.81. The van der Waals surface area contributed by atoms with Gasteiger partial charge in [-0.2, -0.15) is 13.2 Å². The van der Waals surface area contributed by atoms with Gasteiger partial charge in [-0.15, -0.1) is 0 Å². The van der Waals surface area contributed by atoms with Crippen LogP contribution in [0.25, 0.3) is 0 Å². The van der Waals surface area contributed by atoms with E-state index in [4.69, 9.17) is 5.84 Å². The second-order valence-electron chi connectivity index (χ2n) is 4.38. The highest BCUT2D eigenvalue weighted by molar-refractivity contribution is 5.60. The van der Waals surface area contributed by atoms with Crippen molar-refractivity contribution in [2.45, 2.75) is 13.1 Å². The van der Waals surface area contributed by atoms with Crippen molar-refractivity contribution in [2.24, 2.45) is 5.84 Å². The van der Waals surface area contributed by atoms with Crippen molar-refractivity contribution < 1.29 is 17.6 Å². The van der Waals surface area contributed by atoms with Crippen molar-refractivity contribution in [3.63, 3.8) is 0 Å². The van der Waals surface area contributed by atoms with Crippen LogP contribution in [0.4, 0.5) is 34.9 Å². The van der Waals surface area contributed by atoms with Crippen LogP contribution in [0.1, 0.15) is 11.1 Å². The van der Waals surface area contributed by atoms with Gasteiger partial charge in [0.05, 0.1) is 11.3 Å². The van der Waals surface area contributed by atoms with E-state index in [1.807, 2.05) is 5.43 Å². The van der Waals surface area contributed by atoms with Crippen LogP contribution in [0, 0.1) is 12.7 Å². The first-order valence-corrected chi connectivity index (χ1v) is 5.88. The molecule has 0 amide bonds. The molecule has 4 nitrogen and oxygen atoms in total. The van der Waals surface area contributed by atoms with Gasteiger partial charge in [0.15, 0.2) is 0 Å². The van der Waals surface area contributed by atoms with E-state index in [0.29, 0.717) is 5.56 Å². The fraction of sp³-hybridized carbons (Fsp3) is 0.154. The van der Waals surface area contributed by atoms with Gasteiger partial charge in [-0.1, -0.05) is 6.07 Å². The van der Waals surface area contributed by atoms with Crippen molar-refractivity contribution >= 4 is 17.3 Å². The number of anilines is 3. The van der Waals surface area contributed by atoms with E-state index in [0.717, 1.165) is 12.1 Å². The third-order valence-electron chi connectivity index (χ3n) is 2.69. The number of benzene rings is 1. The predicted octanol–water partition coefficient (Wildman–Crippen LogP) is 3.58. The lowest BCUT2D eigenvalue weighted by atomic mass is 10.2. The van der Waals surface area contributed by atoms with Crippen molar-refractivity contribution in [3.05, 3.63) is 47.3 Å². The monoisotopic (exact) mass is 300 g/mol. The number of hydrogen-bond donors (Lipinski definition) is 3. The van der Waals surface area contributed by atoms with Gasteiger partial charge in [-0.25, -0.2) is 15.2 Å². The fourth-order valence-electron chi connectivity index (χ4n) is 1.69. The highest BCUT2D eigenvalue weighted by Crippen LogP contribution is 2.32. The zero-order valence-electron chi connectivity index (χ0n) is 10.9. The van der Waals surface area contributed by atoms with Crippen LogP contribution < -0.4 is 16.6 Å². The van der Waals surface area contributed by atoms with Crippen molar-refractivity contribution in [3.8, 4) is 0 Å². The van der Waals surface area contributed by atoms with Gasteiger partial charge in [-0.3, -0.25) is 0 Å². The quantitative estimate of drug-likeness (QED) is 0.460. The summed E-state index contributed by atoms with van der Waals surface area (Å²) in [5.41, 5.74) is 1.82. The maximum Gasteiger partial charge on any atom is 0.416 e. The van der Waals surface area contributed by atoms with Crippen LogP contribution >= 0.6 is 0 Å². The Morgan fingerprint density at radius 2 is 1.76 bits per heavy atom. The maximum atomic E-state index is 13.7. The molecule has 21 heavy (non-hydrogen) atoms. The number of rotatable bonds is 3. The molecule has 0 saturated carbocycles. The van der Waals surface area contributed by atoms with Gasteiger partial charge in [0.25, 0.3) is 0 Å². The van der Waals surface area contributed by atoms with Crippen molar-refractivity contribution in [2.75, 3.05) is 10.7 Å². The molecular formula is C13H12F4N4. The fourth-order valence-corrected chi connectivity index (χ4v) is 1.69. The first-order valence-electron chi connectivity index (χ1n) is 5.88. The molecule has 4 N–H and O–H groups in total. The molecule has 0 bridgehead atoms. The van der Waals surface area contributed by atoms with Crippen LogP contribution in [0.15, 0.2) is 30.3 Å². The molecule has 0 unspecified atom stereocenters. The van der Waals surface area contributed by atoms with E-state index < -0.39 is 17.6 Å². The predicted molar refractivity (Wildman–Crippen MR) is 71.5 cm³/mol. The molecule has 2 aromatic rings. The molecule has 0 atom stereocenters. The number of nitrogens with zero attached hydrogens (tertiary/aromatic N) is 1. The zero-order chi connectivity index (χ0) is 15.6. The number of pyridine rings is 1. The average Bonchev–Trinajstić information content (AvgIpc) is 2.40. The second kappa shape index (κ2) is 5.57. The molecule has 1 aromatic heterocycles. The van der Waals surface area contributed by atoms with Crippen LogP contribution in [-0.4, -0.2) is 4.98 Å². The molecule has 1 aromatic carbocycles. The second-order valence-corrected chi connectivity index (χ2v) is 4.38. The van der Waals surface area contributed by atoms with E-state index in [9.17, 15) is 17.6 Å².